The van der Waals surface area contributed by atoms with Crippen LogP contribution in [-0.2, 0) is 0 Å². The summed E-state index contributed by atoms with van der Waals surface area (Å²) in [6.07, 6.45) is 5.66. The van der Waals surface area contributed by atoms with Gasteiger partial charge in [0.1, 0.15) is 17.9 Å². The number of nitrogens with two attached hydrogens (primary N) is 1. The van der Waals surface area contributed by atoms with Gasteiger partial charge in [0.25, 0.3) is 5.91 Å². The fraction of sp³-hybridized carbons (Fsp3) is 0.292. The van der Waals surface area contributed by atoms with Gasteiger partial charge in [-0.15, -0.1) is 0 Å². The standard InChI is InChI=1S/C24H27N5O2/c1-31-22-9-5-2-6-18(22)21-14-23(27-15-26-21)28-17-12-10-16(11-13-17)24(30)29-20-8-4-3-7-19(20)25/h2,5-6,9-15,19-20H,3-4,7-8,25H2,1H3,(H,29,30)(H,26,27,28)/t19-,20+/m0/s1. The summed E-state index contributed by atoms with van der Waals surface area (Å²) in [5, 5.41) is 6.34. The Kier molecular flexibility index (Phi) is 6.43. The number of amides is 1. The van der Waals surface area contributed by atoms with Gasteiger partial charge >= 0.3 is 0 Å². The molecule has 3 aromatic rings. The highest BCUT2D eigenvalue weighted by Crippen LogP contribution is 2.29. The second-order valence-corrected chi connectivity index (χ2v) is 7.72. The van der Waals surface area contributed by atoms with Gasteiger partial charge < -0.3 is 21.1 Å². The summed E-state index contributed by atoms with van der Waals surface area (Å²) in [5.41, 5.74) is 9.24. The Morgan fingerprint density at radius 2 is 1.84 bits per heavy atom. The first-order chi connectivity index (χ1) is 15.1. The number of ether oxygens (including phenoxy) is 1. The number of rotatable bonds is 6. The van der Waals surface area contributed by atoms with E-state index in [9.17, 15) is 4.79 Å². The van der Waals surface area contributed by atoms with Crippen molar-refractivity contribution in [3.63, 3.8) is 0 Å². The Morgan fingerprint density at radius 3 is 2.61 bits per heavy atom. The summed E-state index contributed by atoms with van der Waals surface area (Å²) < 4.78 is 5.43. The number of aromatic nitrogens is 2. The summed E-state index contributed by atoms with van der Waals surface area (Å²) in [5.74, 6) is 1.32. The number of methoxy groups -OCH3 is 1. The summed E-state index contributed by atoms with van der Waals surface area (Å²) in [7, 11) is 1.64. The maximum Gasteiger partial charge on any atom is 0.251 e. The fourth-order valence-corrected chi connectivity index (χ4v) is 3.87. The molecule has 7 heteroatoms. The SMILES string of the molecule is COc1ccccc1-c1cc(Nc2ccc(C(=O)N[C@@H]3CCCC[C@@H]3N)cc2)ncn1. The smallest absolute Gasteiger partial charge is 0.251 e. The van der Waals surface area contributed by atoms with Gasteiger partial charge in [0.05, 0.1) is 12.8 Å². The van der Waals surface area contributed by atoms with E-state index in [0.29, 0.717) is 11.4 Å². The number of anilines is 2. The minimum Gasteiger partial charge on any atom is -0.496 e. The first kappa shape index (κ1) is 20.8. The van der Waals surface area contributed by atoms with Crippen LogP contribution in [0.4, 0.5) is 11.5 Å². The molecule has 1 saturated carbocycles. The molecular formula is C24H27N5O2. The Bertz CT molecular complexity index is 1040. The lowest BCUT2D eigenvalue weighted by atomic mass is 9.91. The van der Waals surface area contributed by atoms with Crippen LogP contribution in [0.1, 0.15) is 36.0 Å². The first-order valence-corrected chi connectivity index (χ1v) is 10.5. The highest BCUT2D eigenvalue weighted by molar-refractivity contribution is 5.94. The zero-order valence-electron chi connectivity index (χ0n) is 17.5. The molecule has 2 aromatic carbocycles. The van der Waals surface area contributed by atoms with E-state index in [2.05, 4.69) is 20.6 Å². The average molecular weight is 418 g/mol. The molecule has 0 aliphatic heterocycles. The third-order valence-electron chi connectivity index (χ3n) is 5.61. The van der Waals surface area contributed by atoms with Crippen molar-refractivity contribution in [3.05, 3.63) is 66.5 Å². The van der Waals surface area contributed by atoms with Crippen molar-refractivity contribution in [1.29, 1.82) is 0 Å². The molecule has 1 aliphatic rings. The number of para-hydroxylation sites is 1. The van der Waals surface area contributed by atoms with Crippen LogP contribution in [-0.4, -0.2) is 35.1 Å². The summed E-state index contributed by atoms with van der Waals surface area (Å²) in [4.78, 5) is 21.2. The van der Waals surface area contributed by atoms with Crippen LogP contribution in [0.3, 0.4) is 0 Å². The van der Waals surface area contributed by atoms with Crippen LogP contribution in [0.15, 0.2) is 60.9 Å². The monoisotopic (exact) mass is 417 g/mol. The van der Waals surface area contributed by atoms with E-state index in [1.54, 1.807) is 19.2 Å². The summed E-state index contributed by atoms with van der Waals surface area (Å²) in [6.45, 7) is 0. The lowest BCUT2D eigenvalue weighted by molar-refractivity contribution is 0.0921. The Labute approximate surface area is 182 Å². The quantitative estimate of drug-likeness (QED) is 0.562. The van der Waals surface area contributed by atoms with Crippen molar-refractivity contribution in [2.24, 2.45) is 5.73 Å². The normalized spacial score (nSPS) is 18.3. The van der Waals surface area contributed by atoms with Gasteiger partial charge in [-0.25, -0.2) is 9.97 Å². The number of nitrogens with zero attached hydrogens (tertiary/aromatic N) is 2. The van der Waals surface area contributed by atoms with Gasteiger partial charge in [-0.1, -0.05) is 25.0 Å². The van der Waals surface area contributed by atoms with Gasteiger partial charge in [0.2, 0.25) is 0 Å². The van der Waals surface area contributed by atoms with Gasteiger partial charge in [-0.2, -0.15) is 0 Å². The largest absolute Gasteiger partial charge is 0.496 e. The summed E-state index contributed by atoms with van der Waals surface area (Å²) in [6, 6.07) is 17.0. The second-order valence-electron chi connectivity index (χ2n) is 7.72. The van der Waals surface area contributed by atoms with Crippen LogP contribution in [0.5, 0.6) is 5.75 Å². The van der Waals surface area contributed by atoms with Gasteiger partial charge in [0, 0.05) is 35.0 Å². The molecule has 160 valence electrons. The number of carbonyl (C=O) groups is 1. The van der Waals surface area contributed by atoms with Crippen molar-refractivity contribution in [2.75, 3.05) is 12.4 Å². The zero-order chi connectivity index (χ0) is 21.6. The number of carbonyl (C=O) groups excluding carboxylic acids is 1. The molecule has 1 fully saturated rings. The van der Waals surface area contributed by atoms with Crippen molar-refractivity contribution in [2.45, 2.75) is 37.8 Å². The third-order valence-corrected chi connectivity index (χ3v) is 5.61. The molecule has 7 nitrogen and oxygen atoms in total. The van der Waals surface area contributed by atoms with E-state index in [0.717, 1.165) is 48.4 Å². The number of nitrogens with one attached hydrogen (secondary N) is 2. The Morgan fingerprint density at radius 1 is 1.06 bits per heavy atom. The molecule has 1 aromatic heterocycles. The highest BCUT2D eigenvalue weighted by atomic mass is 16.5. The Balaban J connectivity index is 1.44. The van der Waals surface area contributed by atoms with Gasteiger partial charge in [-0.3, -0.25) is 4.79 Å². The lowest BCUT2D eigenvalue weighted by Crippen LogP contribution is -2.49. The third kappa shape index (κ3) is 5.00. The second kappa shape index (κ2) is 9.57. The van der Waals surface area contributed by atoms with E-state index in [4.69, 9.17) is 10.5 Å². The minimum absolute atomic E-state index is 0.0360. The van der Waals surface area contributed by atoms with Gasteiger partial charge in [-0.05, 0) is 49.2 Å². The van der Waals surface area contributed by atoms with E-state index >= 15 is 0 Å². The fourth-order valence-electron chi connectivity index (χ4n) is 3.87. The topological polar surface area (TPSA) is 102 Å². The molecule has 0 radical (unpaired) electrons. The van der Waals surface area contributed by atoms with Crippen molar-refractivity contribution >= 4 is 17.4 Å². The molecule has 0 unspecified atom stereocenters. The molecule has 4 N–H and O–H groups in total. The van der Waals surface area contributed by atoms with Crippen LogP contribution in [0, 0.1) is 0 Å². The van der Waals surface area contributed by atoms with Gasteiger partial charge in [0.15, 0.2) is 0 Å². The highest BCUT2D eigenvalue weighted by Gasteiger charge is 2.23. The van der Waals surface area contributed by atoms with E-state index in [-0.39, 0.29) is 18.0 Å². The molecule has 0 bridgehead atoms. The molecule has 2 atom stereocenters. The molecule has 31 heavy (non-hydrogen) atoms. The maximum atomic E-state index is 12.6. The van der Waals surface area contributed by atoms with Crippen molar-refractivity contribution in [3.8, 4) is 17.0 Å². The zero-order valence-corrected chi connectivity index (χ0v) is 17.5. The van der Waals surface area contributed by atoms with Crippen LogP contribution >= 0.6 is 0 Å². The number of hydrogen-bond donors (Lipinski definition) is 3. The molecule has 0 spiro atoms. The van der Waals surface area contributed by atoms with E-state index < -0.39 is 0 Å². The molecule has 4 rings (SSSR count). The first-order valence-electron chi connectivity index (χ1n) is 10.5. The van der Waals surface area contributed by atoms with Crippen LogP contribution < -0.4 is 21.1 Å². The van der Waals surface area contributed by atoms with Crippen LogP contribution in [0.25, 0.3) is 11.3 Å². The maximum absolute atomic E-state index is 12.6. The average Bonchev–Trinajstić information content (AvgIpc) is 2.81. The van der Waals surface area contributed by atoms with Crippen LogP contribution in [0.2, 0.25) is 0 Å². The minimum atomic E-state index is -0.0885. The Hall–Kier alpha value is -3.45. The molecule has 1 heterocycles. The summed E-state index contributed by atoms with van der Waals surface area (Å²) >= 11 is 0. The number of benzene rings is 2. The molecule has 1 aliphatic carbocycles. The molecule has 1 amide bonds. The predicted octanol–water partition coefficient (Wildman–Crippen LogP) is 3.90. The molecular weight excluding hydrogens is 390 g/mol. The molecule has 0 saturated heterocycles. The lowest BCUT2D eigenvalue weighted by Gasteiger charge is -2.29. The van der Waals surface area contributed by atoms with E-state index in [1.165, 1.54) is 6.33 Å². The predicted molar refractivity (Wildman–Crippen MR) is 121 cm³/mol. The van der Waals surface area contributed by atoms with Crippen molar-refractivity contribution < 1.29 is 9.53 Å². The van der Waals surface area contributed by atoms with Crippen molar-refractivity contribution in [1.82, 2.24) is 15.3 Å². The van der Waals surface area contributed by atoms with E-state index in [1.807, 2.05) is 42.5 Å². The number of hydrogen-bond acceptors (Lipinski definition) is 6.